The number of carbonyl (C=O) groups excluding carboxylic acids is 3. The number of carbonyl (C=O) groups is 3. The number of fused-ring (bicyclic) bond motifs is 1. The summed E-state index contributed by atoms with van der Waals surface area (Å²) in [6, 6.07) is 12.8. The number of thioether (sulfide) groups is 1. The zero-order chi connectivity index (χ0) is 21.0. The van der Waals surface area contributed by atoms with Crippen molar-refractivity contribution in [2.75, 3.05) is 22.5 Å². The minimum absolute atomic E-state index is 0.00237. The van der Waals surface area contributed by atoms with Crippen molar-refractivity contribution in [3.05, 3.63) is 58.6 Å². The zero-order valence-electron chi connectivity index (χ0n) is 15.4. The van der Waals surface area contributed by atoms with Gasteiger partial charge in [-0.1, -0.05) is 24.3 Å². The number of hydrogen-bond acceptors (Lipinski definition) is 7. The molecule has 1 atom stereocenters. The van der Waals surface area contributed by atoms with Gasteiger partial charge in [0, 0.05) is 11.0 Å². The van der Waals surface area contributed by atoms with E-state index in [1.807, 2.05) is 12.1 Å². The molecular formula is C19H17N3O6S. The largest absolute Gasteiger partial charge is 0.451 e. The van der Waals surface area contributed by atoms with Gasteiger partial charge in [-0.3, -0.25) is 29.4 Å². The number of nitrogens with zero attached hydrogens (tertiary/aromatic N) is 2. The maximum Gasteiger partial charge on any atom is 0.326 e. The van der Waals surface area contributed by atoms with Gasteiger partial charge in [-0.15, -0.1) is 11.8 Å². The first kappa shape index (κ1) is 20.3. The summed E-state index contributed by atoms with van der Waals surface area (Å²) in [5, 5.41) is 13.4. The lowest BCUT2D eigenvalue weighted by atomic mass is 10.2. The molecule has 150 valence electrons. The molecule has 29 heavy (non-hydrogen) atoms. The number of benzene rings is 2. The summed E-state index contributed by atoms with van der Waals surface area (Å²) < 4.78 is 5.13. The summed E-state index contributed by atoms with van der Waals surface area (Å²) in [5.41, 5.74) is 0.345. The highest BCUT2D eigenvalue weighted by molar-refractivity contribution is 8.00. The Bertz CT molecular complexity index is 980. The van der Waals surface area contributed by atoms with Crippen LogP contribution in [0.25, 0.3) is 0 Å². The highest BCUT2D eigenvalue weighted by atomic mass is 32.2. The average Bonchev–Trinajstić information content (AvgIpc) is 2.70. The monoisotopic (exact) mass is 415 g/mol. The van der Waals surface area contributed by atoms with Gasteiger partial charge in [0.2, 0.25) is 5.91 Å². The lowest BCUT2D eigenvalue weighted by Crippen LogP contribution is -2.41. The van der Waals surface area contributed by atoms with Crippen molar-refractivity contribution >= 4 is 46.6 Å². The summed E-state index contributed by atoms with van der Waals surface area (Å²) in [7, 11) is 0. The first-order chi connectivity index (χ1) is 13.9. The molecule has 0 unspecified atom stereocenters. The number of nitro groups is 1. The van der Waals surface area contributed by atoms with Crippen LogP contribution in [0, 0.1) is 10.1 Å². The van der Waals surface area contributed by atoms with Gasteiger partial charge < -0.3 is 10.1 Å². The minimum Gasteiger partial charge on any atom is -0.451 e. The van der Waals surface area contributed by atoms with E-state index in [9.17, 15) is 24.5 Å². The molecule has 1 aliphatic heterocycles. The summed E-state index contributed by atoms with van der Waals surface area (Å²) in [5.74, 6) is -1.50. The lowest BCUT2D eigenvalue weighted by molar-refractivity contribution is -0.383. The van der Waals surface area contributed by atoms with Crippen LogP contribution in [0.5, 0.6) is 0 Å². The SMILES string of the molecule is C[C@H](OC(=O)CN1C(=O)CSc2ccccc21)C(=O)Nc1ccccc1[N+](=O)[O-]. The Morgan fingerprint density at radius 3 is 2.69 bits per heavy atom. The van der Waals surface area contributed by atoms with Crippen LogP contribution in [0.2, 0.25) is 0 Å². The van der Waals surface area contributed by atoms with E-state index >= 15 is 0 Å². The van der Waals surface area contributed by atoms with Crippen LogP contribution >= 0.6 is 11.8 Å². The predicted octanol–water partition coefficient (Wildman–Crippen LogP) is 2.60. The molecule has 0 spiro atoms. The third-order valence-corrected chi connectivity index (χ3v) is 5.18. The summed E-state index contributed by atoms with van der Waals surface area (Å²) in [6.45, 7) is 1.02. The highest BCUT2D eigenvalue weighted by Crippen LogP contribution is 2.34. The number of nitrogens with one attached hydrogen (secondary N) is 1. The molecule has 0 fully saturated rings. The third-order valence-electron chi connectivity index (χ3n) is 4.13. The van der Waals surface area contributed by atoms with Crippen LogP contribution in [-0.2, 0) is 19.1 Å². The molecule has 0 bridgehead atoms. The van der Waals surface area contributed by atoms with Gasteiger partial charge in [-0.25, -0.2) is 0 Å². The third kappa shape index (κ3) is 4.72. The van der Waals surface area contributed by atoms with Crippen molar-refractivity contribution in [3.8, 4) is 0 Å². The quantitative estimate of drug-likeness (QED) is 0.437. The smallest absolute Gasteiger partial charge is 0.326 e. The molecule has 1 N–H and O–H groups in total. The molecule has 3 rings (SSSR count). The number of ether oxygens (including phenoxy) is 1. The Kier molecular flexibility index (Phi) is 6.13. The van der Waals surface area contributed by atoms with E-state index in [0.29, 0.717) is 5.69 Å². The van der Waals surface area contributed by atoms with Gasteiger partial charge in [0.15, 0.2) is 6.10 Å². The van der Waals surface area contributed by atoms with Crippen LogP contribution in [0.15, 0.2) is 53.4 Å². The fourth-order valence-electron chi connectivity index (χ4n) is 2.72. The van der Waals surface area contributed by atoms with Crippen molar-refractivity contribution in [2.45, 2.75) is 17.9 Å². The topological polar surface area (TPSA) is 119 Å². The summed E-state index contributed by atoms with van der Waals surface area (Å²) >= 11 is 1.39. The average molecular weight is 415 g/mol. The van der Waals surface area contributed by atoms with Crippen LogP contribution in [0.4, 0.5) is 17.1 Å². The number of amides is 2. The Morgan fingerprint density at radius 1 is 1.24 bits per heavy atom. The van der Waals surface area contributed by atoms with E-state index in [1.165, 1.54) is 47.9 Å². The lowest BCUT2D eigenvalue weighted by Gasteiger charge is -2.28. The first-order valence-corrected chi connectivity index (χ1v) is 9.61. The van der Waals surface area contributed by atoms with Gasteiger partial charge in [0.25, 0.3) is 11.6 Å². The highest BCUT2D eigenvalue weighted by Gasteiger charge is 2.28. The van der Waals surface area contributed by atoms with Crippen molar-refractivity contribution in [1.29, 1.82) is 0 Å². The molecule has 1 heterocycles. The van der Waals surface area contributed by atoms with Crippen molar-refractivity contribution in [3.63, 3.8) is 0 Å². The van der Waals surface area contributed by atoms with E-state index in [0.717, 1.165) is 4.90 Å². The Balaban J connectivity index is 1.63. The molecular weight excluding hydrogens is 398 g/mol. The fourth-order valence-corrected chi connectivity index (χ4v) is 3.65. The number of esters is 1. The van der Waals surface area contributed by atoms with Gasteiger partial charge in [0.1, 0.15) is 12.2 Å². The van der Waals surface area contributed by atoms with Crippen LogP contribution in [0.1, 0.15) is 6.92 Å². The Labute approximate surface area is 170 Å². The van der Waals surface area contributed by atoms with Crippen LogP contribution in [-0.4, -0.2) is 41.1 Å². The summed E-state index contributed by atoms with van der Waals surface area (Å²) in [6.07, 6.45) is -1.20. The molecule has 2 aromatic rings. The Hall–Kier alpha value is -3.40. The number of para-hydroxylation sites is 3. The van der Waals surface area contributed by atoms with Crippen molar-refractivity contribution in [2.24, 2.45) is 0 Å². The normalized spacial score (nSPS) is 14.0. The van der Waals surface area contributed by atoms with E-state index in [2.05, 4.69) is 5.32 Å². The number of rotatable bonds is 6. The molecule has 9 nitrogen and oxygen atoms in total. The van der Waals surface area contributed by atoms with Gasteiger partial charge in [-0.05, 0) is 25.1 Å². The van der Waals surface area contributed by atoms with Crippen molar-refractivity contribution in [1.82, 2.24) is 0 Å². The second kappa shape index (κ2) is 8.74. The molecule has 0 radical (unpaired) electrons. The zero-order valence-corrected chi connectivity index (χ0v) is 16.2. The van der Waals surface area contributed by atoms with E-state index < -0.39 is 22.9 Å². The second-order valence-electron chi connectivity index (χ2n) is 6.13. The van der Waals surface area contributed by atoms with Gasteiger partial charge in [-0.2, -0.15) is 0 Å². The van der Waals surface area contributed by atoms with E-state index in [1.54, 1.807) is 12.1 Å². The first-order valence-electron chi connectivity index (χ1n) is 8.63. The molecule has 0 saturated carbocycles. The molecule has 1 aliphatic rings. The Morgan fingerprint density at radius 2 is 1.93 bits per heavy atom. The van der Waals surface area contributed by atoms with E-state index in [4.69, 9.17) is 4.74 Å². The number of anilines is 2. The molecule has 2 aromatic carbocycles. The second-order valence-corrected chi connectivity index (χ2v) is 7.15. The maximum absolute atomic E-state index is 12.3. The molecule has 0 aliphatic carbocycles. The van der Waals surface area contributed by atoms with Crippen LogP contribution < -0.4 is 10.2 Å². The van der Waals surface area contributed by atoms with Gasteiger partial charge in [0.05, 0.1) is 16.4 Å². The molecule has 2 amide bonds. The van der Waals surface area contributed by atoms with Crippen LogP contribution in [0.3, 0.4) is 0 Å². The van der Waals surface area contributed by atoms with Crippen molar-refractivity contribution < 1.29 is 24.0 Å². The molecule has 0 aromatic heterocycles. The maximum atomic E-state index is 12.3. The standard InChI is InChI=1S/C19H17N3O6S/c1-12(19(25)20-13-6-2-3-7-14(13)22(26)27)28-18(24)10-21-15-8-4-5-9-16(15)29-11-17(21)23/h2-9,12H,10-11H2,1H3,(H,20,25)/t12-/m0/s1. The minimum atomic E-state index is -1.20. The summed E-state index contributed by atoms with van der Waals surface area (Å²) in [4.78, 5) is 49.4. The molecule has 0 saturated heterocycles. The number of nitro benzene ring substituents is 1. The number of hydrogen-bond donors (Lipinski definition) is 1. The van der Waals surface area contributed by atoms with Gasteiger partial charge >= 0.3 is 5.97 Å². The fraction of sp³-hybridized carbons (Fsp3) is 0.211. The van der Waals surface area contributed by atoms with E-state index in [-0.39, 0.29) is 29.6 Å². The predicted molar refractivity (Wildman–Crippen MR) is 107 cm³/mol. The molecule has 10 heteroatoms.